The third kappa shape index (κ3) is 3.17. The summed E-state index contributed by atoms with van der Waals surface area (Å²) >= 11 is 0. The Kier molecular flexibility index (Phi) is 4.37. The molecule has 4 rings (SSSR count). The second-order valence-corrected chi connectivity index (χ2v) is 7.12. The SMILES string of the molecule is O=C(O)C1CCC1C(=O)Nc1ccc(CN2CCc3ccccc32)cc1. The zero-order chi connectivity index (χ0) is 18.1. The van der Waals surface area contributed by atoms with Crippen molar-refractivity contribution in [3.05, 3.63) is 59.7 Å². The van der Waals surface area contributed by atoms with Gasteiger partial charge in [0.1, 0.15) is 0 Å². The van der Waals surface area contributed by atoms with Gasteiger partial charge in [0, 0.05) is 24.5 Å². The number of anilines is 2. The van der Waals surface area contributed by atoms with Gasteiger partial charge in [0.2, 0.25) is 5.91 Å². The van der Waals surface area contributed by atoms with E-state index in [0.29, 0.717) is 12.8 Å². The van der Waals surface area contributed by atoms with E-state index in [0.717, 1.165) is 25.2 Å². The first-order chi connectivity index (χ1) is 12.6. The Morgan fingerprint density at radius 3 is 2.46 bits per heavy atom. The van der Waals surface area contributed by atoms with Crippen molar-refractivity contribution in [3.8, 4) is 0 Å². The zero-order valence-corrected chi connectivity index (χ0v) is 14.5. The van der Waals surface area contributed by atoms with E-state index >= 15 is 0 Å². The minimum atomic E-state index is -0.877. The summed E-state index contributed by atoms with van der Waals surface area (Å²) in [5.41, 5.74) is 4.60. The van der Waals surface area contributed by atoms with Crippen LogP contribution in [0.1, 0.15) is 24.0 Å². The molecule has 2 N–H and O–H groups in total. The predicted molar refractivity (Wildman–Crippen MR) is 100 cm³/mol. The quantitative estimate of drug-likeness (QED) is 0.868. The summed E-state index contributed by atoms with van der Waals surface area (Å²) in [7, 11) is 0. The number of benzene rings is 2. The normalized spacial score (nSPS) is 21.0. The summed E-state index contributed by atoms with van der Waals surface area (Å²) in [6.45, 7) is 1.87. The molecule has 26 heavy (non-hydrogen) atoms. The molecule has 0 bridgehead atoms. The third-order valence-electron chi connectivity index (χ3n) is 5.51. The summed E-state index contributed by atoms with van der Waals surface area (Å²) in [6.07, 6.45) is 2.31. The molecule has 1 aliphatic heterocycles. The summed E-state index contributed by atoms with van der Waals surface area (Å²) in [5, 5.41) is 11.9. The van der Waals surface area contributed by atoms with Gasteiger partial charge in [-0.2, -0.15) is 0 Å². The molecule has 0 saturated heterocycles. The van der Waals surface area contributed by atoms with E-state index in [-0.39, 0.29) is 5.91 Å². The van der Waals surface area contributed by atoms with E-state index in [1.54, 1.807) is 0 Å². The fourth-order valence-corrected chi connectivity index (χ4v) is 3.83. The van der Waals surface area contributed by atoms with Crippen LogP contribution in [0.4, 0.5) is 11.4 Å². The van der Waals surface area contributed by atoms with Crippen LogP contribution in [0.2, 0.25) is 0 Å². The fraction of sp³-hybridized carbons (Fsp3) is 0.333. The molecule has 1 amide bonds. The second kappa shape index (κ2) is 6.83. The second-order valence-electron chi connectivity index (χ2n) is 7.12. The molecule has 1 saturated carbocycles. The molecule has 1 aliphatic carbocycles. The predicted octanol–water partition coefficient (Wildman–Crippen LogP) is 3.30. The summed E-state index contributed by atoms with van der Waals surface area (Å²) < 4.78 is 0. The fourth-order valence-electron chi connectivity index (χ4n) is 3.83. The van der Waals surface area contributed by atoms with E-state index < -0.39 is 17.8 Å². The van der Waals surface area contributed by atoms with Crippen LogP contribution in [0.3, 0.4) is 0 Å². The number of rotatable bonds is 5. The number of carbonyl (C=O) groups excluding carboxylic acids is 1. The van der Waals surface area contributed by atoms with Gasteiger partial charge in [-0.25, -0.2) is 0 Å². The zero-order valence-electron chi connectivity index (χ0n) is 14.5. The third-order valence-corrected chi connectivity index (χ3v) is 5.51. The summed E-state index contributed by atoms with van der Waals surface area (Å²) in [4.78, 5) is 25.7. The van der Waals surface area contributed by atoms with Gasteiger partial charge in [-0.3, -0.25) is 9.59 Å². The van der Waals surface area contributed by atoms with E-state index in [2.05, 4.69) is 34.5 Å². The lowest BCUT2D eigenvalue weighted by atomic mass is 9.73. The molecule has 5 heteroatoms. The molecule has 0 aromatic heterocycles. The Hall–Kier alpha value is -2.82. The Labute approximate surface area is 152 Å². The monoisotopic (exact) mass is 350 g/mol. The van der Waals surface area contributed by atoms with Crippen LogP contribution in [0.25, 0.3) is 0 Å². The molecule has 0 spiro atoms. The number of nitrogens with one attached hydrogen (secondary N) is 1. The van der Waals surface area contributed by atoms with Crippen LogP contribution in [-0.4, -0.2) is 23.5 Å². The number of carbonyl (C=O) groups is 2. The molecule has 2 aromatic carbocycles. The Morgan fingerprint density at radius 1 is 1.04 bits per heavy atom. The number of fused-ring (bicyclic) bond motifs is 1. The van der Waals surface area contributed by atoms with Crippen LogP contribution in [-0.2, 0) is 22.6 Å². The number of carboxylic acids is 1. The van der Waals surface area contributed by atoms with Gasteiger partial charge < -0.3 is 15.3 Å². The van der Waals surface area contributed by atoms with E-state index in [1.165, 1.54) is 16.8 Å². The number of hydrogen-bond donors (Lipinski definition) is 2. The van der Waals surface area contributed by atoms with Crippen LogP contribution in [0.5, 0.6) is 0 Å². The molecule has 2 aromatic rings. The first-order valence-electron chi connectivity index (χ1n) is 9.07. The summed E-state index contributed by atoms with van der Waals surface area (Å²) in [5.74, 6) is -2.01. The molecule has 0 radical (unpaired) electrons. The molecular weight excluding hydrogens is 328 g/mol. The maximum absolute atomic E-state index is 12.2. The Bertz CT molecular complexity index is 831. The van der Waals surface area contributed by atoms with Gasteiger partial charge in [-0.15, -0.1) is 0 Å². The minimum absolute atomic E-state index is 0.190. The van der Waals surface area contributed by atoms with Gasteiger partial charge in [0.25, 0.3) is 0 Å². The topological polar surface area (TPSA) is 69.6 Å². The van der Waals surface area contributed by atoms with Crippen molar-refractivity contribution in [2.75, 3.05) is 16.8 Å². The summed E-state index contributed by atoms with van der Waals surface area (Å²) in [6, 6.07) is 16.3. The Morgan fingerprint density at radius 2 is 1.77 bits per heavy atom. The van der Waals surface area contributed by atoms with Crippen LogP contribution in [0.15, 0.2) is 48.5 Å². The number of para-hydroxylation sites is 1. The van der Waals surface area contributed by atoms with Crippen LogP contribution >= 0.6 is 0 Å². The maximum atomic E-state index is 12.2. The van der Waals surface area contributed by atoms with Crippen molar-refractivity contribution in [1.29, 1.82) is 0 Å². The van der Waals surface area contributed by atoms with E-state index in [4.69, 9.17) is 5.11 Å². The largest absolute Gasteiger partial charge is 0.481 e. The van der Waals surface area contributed by atoms with Gasteiger partial charge in [-0.05, 0) is 48.6 Å². The number of carboxylic acid groups (broad SMARTS) is 1. The lowest BCUT2D eigenvalue weighted by Crippen LogP contribution is -2.41. The molecule has 1 fully saturated rings. The molecule has 2 unspecified atom stereocenters. The van der Waals surface area contributed by atoms with Crippen molar-refractivity contribution in [2.45, 2.75) is 25.8 Å². The number of amides is 1. The van der Waals surface area contributed by atoms with Crippen molar-refractivity contribution in [1.82, 2.24) is 0 Å². The molecule has 1 heterocycles. The van der Waals surface area contributed by atoms with Crippen LogP contribution in [0, 0.1) is 11.8 Å². The van der Waals surface area contributed by atoms with Gasteiger partial charge >= 0.3 is 5.97 Å². The van der Waals surface area contributed by atoms with Crippen LogP contribution < -0.4 is 10.2 Å². The molecule has 2 aliphatic rings. The highest BCUT2D eigenvalue weighted by molar-refractivity contribution is 5.96. The molecule has 134 valence electrons. The molecular formula is C21H22N2O3. The highest BCUT2D eigenvalue weighted by Crippen LogP contribution is 2.35. The first kappa shape index (κ1) is 16.6. The smallest absolute Gasteiger partial charge is 0.307 e. The number of nitrogens with zero attached hydrogens (tertiary/aromatic N) is 1. The van der Waals surface area contributed by atoms with Crippen molar-refractivity contribution < 1.29 is 14.7 Å². The van der Waals surface area contributed by atoms with Gasteiger partial charge in [-0.1, -0.05) is 30.3 Å². The van der Waals surface area contributed by atoms with Crippen molar-refractivity contribution >= 4 is 23.3 Å². The minimum Gasteiger partial charge on any atom is -0.481 e. The average molecular weight is 350 g/mol. The van der Waals surface area contributed by atoms with Gasteiger partial charge in [0.05, 0.1) is 11.8 Å². The van der Waals surface area contributed by atoms with Crippen molar-refractivity contribution in [2.24, 2.45) is 11.8 Å². The maximum Gasteiger partial charge on any atom is 0.307 e. The van der Waals surface area contributed by atoms with Gasteiger partial charge in [0.15, 0.2) is 0 Å². The first-order valence-corrected chi connectivity index (χ1v) is 9.07. The van der Waals surface area contributed by atoms with E-state index in [1.807, 2.05) is 24.3 Å². The highest BCUT2D eigenvalue weighted by Gasteiger charge is 2.41. The molecule has 5 nitrogen and oxygen atoms in total. The Balaban J connectivity index is 1.37. The highest BCUT2D eigenvalue weighted by atomic mass is 16.4. The standard InChI is InChI=1S/C21H22N2O3/c24-20(17-9-10-18(17)21(25)26)22-16-7-5-14(6-8-16)13-23-12-11-15-3-1-2-4-19(15)23/h1-8,17-18H,9-13H2,(H,22,24)(H,25,26). The lowest BCUT2D eigenvalue weighted by Gasteiger charge is -2.31. The molecule has 2 atom stereocenters. The lowest BCUT2D eigenvalue weighted by molar-refractivity contribution is -0.151. The number of hydrogen-bond acceptors (Lipinski definition) is 3. The average Bonchev–Trinajstić information content (AvgIpc) is 2.98. The van der Waals surface area contributed by atoms with Crippen molar-refractivity contribution in [3.63, 3.8) is 0 Å². The number of aliphatic carboxylic acids is 1. The van der Waals surface area contributed by atoms with E-state index in [9.17, 15) is 9.59 Å².